The third kappa shape index (κ3) is 3.67. The summed E-state index contributed by atoms with van der Waals surface area (Å²) < 4.78 is 15.9. The molecule has 0 saturated heterocycles. The van der Waals surface area contributed by atoms with Gasteiger partial charge >= 0.3 is 8.80 Å². The van der Waals surface area contributed by atoms with E-state index < -0.39 is 8.80 Å². The molecule has 0 spiro atoms. The average molecular weight is 192 g/mol. The van der Waals surface area contributed by atoms with Gasteiger partial charge in [-0.3, -0.25) is 0 Å². The maximum atomic E-state index is 5.31. The summed E-state index contributed by atoms with van der Waals surface area (Å²) in [6, 6.07) is 0.837. The Hall–Kier alpha value is 0.0969. The molecule has 0 aromatic heterocycles. The van der Waals surface area contributed by atoms with Gasteiger partial charge in [-0.25, -0.2) is 0 Å². The van der Waals surface area contributed by atoms with Gasteiger partial charge in [-0.2, -0.15) is 0 Å². The van der Waals surface area contributed by atoms with Crippen LogP contribution < -0.4 is 0 Å². The lowest BCUT2D eigenvalue weighted by molar-refractivity contribution is 0.112. The van der Waals surface area contributed by atoms with E-state index in [9.17, 15) is 0 Å². The molecule has 12 heavy (non-hydrogen) atoms. The number of hydrogen-bond acceptors (Lipinski definition) is 3. The molecule has 0 aliphatic rings. The van der Waals surface area contributed by atoms with Crippen molar-refractivity contribution in [1.29, 1.82) is 0 Å². The van der Waals surface area contributed by atoms with E-state index in [2.05, 4.69) is 20.8 Å². The van der Waals surface area contributed by atoms with Crippen LogP contribution in [-0.2, 0) is 13.3 Å². The third-order valence-electron chi connectivity index (χ3n) is 1.68. The van der Waals surface area contributed by atoms with Crippen LogP contribution in [0.5, 0.6) is 0 Å². The molecule has 0 atom stereocenters. The molecule has 74 valence electrons. The zero-order valence-corrected chi connectivity index (χ0v) is 9.93. The summed E-state index contributed by atoms with van der Waals surface area (Å²) in [6.45, 7) is 6.43. The summed E-state index contributed by atoms with van der Waals surface area (Å²) in [5.41, 5.74) is 0.175. The first-order valence-corrected chi connectivity index (χ1v) is 5.98. The molecule has 4 heteroatoms. The van der Waals surface area contributed by atoms with Crippen LogP contribution in [0.25, 0.3) is 0 Å². The van der Waals surface area contributed by atoms with Gasteiger partial charge in [0.1, 0.15) is 0 Å². The minimum absolute atomic E-state index is 0.175. The quantitative estimate of drug-likeness (QED) is 0.637. The van der Waals surface area contributed by atoms with E-state index in [1.54, 1.807) is 21.3 Å². The highest BCUT2D eigenvalue weighted by Crippen LogP contribution is 2.28. The van der Waals surface area contributed by atoms with Gasteiger partial charge in [0, 0.05) is 27.4 Å². The molecule has 0 N–H and O–H groups in total. The van der Waals surface area contributed by atoms with Gasteiger partial charge in [0.15, 0.2) is 0 Å². The van der Waals surface area contributed by atoms with Crippen molar-refractivity contribution >= 4 is 8.80 Å². The lowest BCUT2D eigenvalue weighted by Crippen LogP contribution is -2.45. The second kappa shape index (κ2) is 4.37. The van der Waals surface area contributed by atoms with Gasteiger partial charge in [-0.15, -0.1) is 0 Å². The van der Waals surface area contributed by atoms with E-state index in [1.807, 2.05) is 0 Å². The Labute approximate surface area is 76.4 Å². The van der Waals surface area contributed by atoms with E-state index in [1.165, 1.54) is 0 Å². The summed E-state index contributed by atoms with van der Waals surface area (Å²) in [5, 5.41) is 0. The molecular weight excluding hydrogens is 172 g/mol. The molecule has 0 fully saturated rings. The van der Waals surface area contributed by atoms with Gasteiger partial charge in [0.2, 0.25) is 0 Å². The number of hydrogen-bond donors (Lipinski definition) is 0. The summed E-state index contributed by atoms with van der Waals surface area (Å²) >= 11 is 0. The fourth-order valence-electron chi connectivity index (χ4n) is 1.12. The zero-order chi connectivity index (χ0) is 9.83. The van der Waals surface area contributed by atoms with Crippen molar-refractivity contribution in [3.63, 3.8) is 0 Å². The predicted octanol–water partition coefficient (Wildman–Crippen LogP) is 1.91. The fourth-order valence-corrected chi connectivity index (χ4v) is 3.35. The number of rotatable bonds is 4. The predicted molar refractivity (Wildman–Crippen MR) is 51.0 cm³/mol. The summed E-state index contributed by atoms with van der Waals surface area (Å²) in [7, 11) is 2.58. The molecule has 0 aliphatic carbocycles. The van der Waals surface area contributed by atoms with Crippen LogP contribution in [-0.4, -0.2) is 30.1 Å². The van der Waals surface area contributed by atoms with Crippen molar-refractivity contribution in [2.75, 3.05) is 21.3 Å². The first-order chi connectivity index (χ1) is 5.39. The maximum Gasteiger partial charge on any atom is 0.500 e. The lowest BCUT2D eigenvalue weighted by Gasteiger charge is -2.30. The molecule has 0 amide bonds. The molecule has 0 saturated carbocycles. The highest BCUT2D eigenvalue weighted by atomic mass is 28.4. The van der Waals surface area contributed by atoms with Gasteiger partial charge in [-0.1, -0.05) is 20.8 Å². The largest absolute Gasteiger partial charge is 0.500 e. The van der Waals surface area contributed by atoms with Crippen LogP contribution in [0.3, 0.4) is 0 Å². The minimum atomic E-state index is -2.35. The molecule has 0 aromatic rings. The molecule has 3 nitrogen and oxygen atoms in total. The Kier molecular flexibility index (Phi) is 4.40. The lowest BCUT2D eigenvalue weighted by atomic mass is 10.0. The summed E-state index contributed by atoms with van der Waals surface area (Å²) in [6.07, 6.45) is 0. The first-order valence-electron chi connectivity index (χ1n) is 4.04. The van der Waals surface area contributed by atoms with Crippen LogP contribution in [0.4, 0.5) is 0 Å². The Morgan fingerprint density at radius 3 is 1.33 bits per heavy atom. The van der Waals surface area contributed by atoms with Crippen LogP contribution in [0.1, 0.15) is 20.8 Å². The van der Waals surface area contributed by atoms with E-state index in [0.717, 1.165) is 6.04 Å². The molecule has 0 heterocycles. The highest BCUT2D eigenvalue weighted by molar-refractivity contribution is 6.60. The van der Waals surface area contributed by atoms with Crippen LogP contribution in [0.15, 0.2) is 0 Å². The third-order valence-corrected chi connectivity index (χ3v) is 5.04. The van der Waals surface area contributed by atoms with Gasteiger partial charge in [0.05, 0.1) is 0 Å². The van der Waals surface area contributed by atoms with Crippen LogP contribution >= 0.6 is 0 Å². The van der Waals surface area contributed by atoms with E-state index >= 15 is 0 Å². The first kappa shape index (κ1) is 12.1. The summed E-state index contributed by atoms with van der Waals surface area (Å²) in [4.78, 5) is 0. The molecule has 0 aliphatic heterocycles. The molecule has 0 radical (unpaired) electrons. The van der Waals surface area contributed by atoms with E-state index in [-0.39, 0.29) is 5.41 Å². The Morgan fingerprint density at radius 1 is 0.917 bits per heavy atom. The Balaban J connectivity index is 4.30. The standard InChI is InChI=1S/C8H20O3Si/c1-8(2,3)7-12(9-4,10-5)11-6/h7H2,1-6H3. The topological polar surface area (TPSA) is 27.7 Å². The second-order valence-electron chi connectivity index (χ2n) is 4.03. The van der Waals surface area contributed by atoms with Crippen molar-refractivity contribution in [2.24, 2.45) is 5.41 Å². The second-order valence-corrected chi connectivity index (χ2v) is 6.98. The van der Waals surface area contributed by atoms with Crippen LogP contribution in [0.2, 0.25) is 6.04 Å². The molecular formula is C8H20O3Si. The molecule has 0 aromatic carbocycles. The average Bonchev–Trinajstić information content (AvgIpc) is 1.99. The van der Waals surface area contributed by atoms with Crippen molar-refractivity contribution < 1.29 is 13.3 Å². The van der Waals surface area contributed by atoms with E-state index in [4.69, 9.17) is 13.3 Å². The summed E-state index contributed by atoms with van der Waals surface area (Å²) in [5.74, 6) is 0. The van der Waals surface area contributed by atoms with Gasteiger partial charge in [0.25, 0.3) is 0 Å². The van der Waals surface area contributed by atoms with Crippen molar-refractivity contribution in [3.8, 4) is 0 Å². The van der Waals surface area contributed by atoms with Crippen molar-refractivity contribution in [2.45, 2.75) is 26.8 Å². The fraction of sp³-hybridized carbons (Fsp3) is 1.00. The van der Waals surface area contributed by atoms with Crippen molar-refractivity contribution in [3.05, 3.63) is 0 Å². The minimum Gasteiger partial charge on any atom is -0.377 e. The smallest absolute Gasteiger partial charge is 0.377 e. The van der Waals surface area contributed by atoms with E-state index in [0.29, 0.717) is 0 Å². The Morgan fingerprint density at radius 2 is 1.25 bits per heavy atom. The van der Waals surface area contributed by atoms with Crippen LogP contribution in [0, 0.1) is 5.41 Å². The zero-order valence-electron chi connectivity index (χ0n) is 8.93. The Bertz CT molecular complexity index is 118. The van der Waals surface area contributed by atoms with Gasteiger partial charge in [-0.05, 0) is 5.41 Å². The maximum absolute atomic E-state index is 5.31. The highest BCUT2D eigenvalue weighted by Gasteiger charge is 2.41. The van der Waals surface area contributed by atoms with Crippen molar-refractivity contribution in [1.82, 2.24) is 0 Å². The molecule has 0 bridgehead atoms. The molecule has 0 unspecified atom stereocenters. The monoisotopic (exact) mass is 192 g/mol. The van der Waals surface area contributed by atoms with Gasteiger partial charge < -0.3 is 13.3 Å². The molecule has 0 rings (SSSR count). The SMILES string of the molecule is CO[Si](CC(C)(C)C)(OC)OC. The normalized spacial score (nSPS) is 13.5.